The van der Waals surface area contributed by atoms with E-state index in [2.05, 4.69) is 27.7 Å². The molecule has 2 aromatic rings. The van der Waals surface area contributed by atoms with E-state index in [4.69, 9.17) is 4.52 Å². The molecule has 4 rings (SSSR count). The van der Waals surface area contributed by atoms with Gasteiger partial charge in [-0.05, 0) is 42.9 Å². The van der Waals surface area contributed by atoms with Crippen LogP contribution in [0.2, 0.25) is 0 Å². The number of carbonyl (C=O) groups is 2. The molecule has 4 atom stereocenters. The second-order valence-corrected chi connectivity index (χ2v) is 9.54. The maximum absolute atomic E-state index is 13.4. The lowest BCUT2D eigenvalue weighted by molar-refractivity contribution is -0.141. The normalized spacial score (nSPS) is 22.4. The predicted molar refractivity (Wildman–Crippen MR) is 126 cm³/mol. The van der Waals surface area contributed by atoms with Crippen molar-refractivity contribution in [2.45, 2.75) is 64.1 Å². The third-order valence-corrected chi connectivity index (χ3v) is 6.81. The van der Waals surface area contributed by atoms with Crippen molar-refractivity contribution < 1.29 is 19.2 Å². The zero-order valence-electron chi connectivity index (χ0n) is 20.1. The van der Waals surface area contributed by atoms with E-state index < -0.39 is 18.1 Å². The number of hydrogen-bond donors (Lipinski definition) is 2. The summed E-state index contributed by atoms with van der Waals surface area (Å²) in [5.41, 5.74) is 3.43. The highest BCUT2D eigenvalue weighted by Crippen LogP contribution is 2.31. The van der Waals surface area contributed by atoms with E-state index >= 15 is 0 Å². The summed E-state index contributed by atoms with van der Waals surface area (Å²) in [5, 5.41) is 21.3. The topological polar surface area (TPSA) is 113 Å². The van der Waals surface area contributed by atoms with Gasteiger partial charge in [-0.1, -0.05) is 31.2 Å². The highest BCUT2D eigenvalue weighted by Gasteiger charge is 2.43. The van der Waals surface area contributed by atoms with Crippen LogP contribution < -0.4 is 5.32 Å². The number of aliphatic hydroxyl groups is 1. The molecule has 2 N–H and O–H groups in total. The molecule has 9 heteroatoms. The van der Waals surface area contributed by atoms with Crippen LogP contribution in [-0.4, -0.2) is 61.5 Å². The molecule has 0 aromatic carbocycles. The average molecular weight is 468 g/mol. The number of aryl methyl sites for hydroxylation is 1. The van der Waals surface area contributed by atoms with Gasteiger partial charge in [-0.15, -0.1) is 0 Å². The van der Waals surface area contributed by atoms with Gasteiger partial charge in [-0.2, -0.15) is 5.10 Å². The summed E-state index contributed by atoms with van der Waals surface area (Å²) >= 11 is 0. The van der Waals surface area contributed by atoms with E-state index in [1.54, 1.807) is 12.3 Å². The Bertz CT molecular complexity index is 1080. The lowest BCUT2D eigenvalue weighted by Gasteiger charge is -2.30. The fraction of sp³-hybridized carbons (Fsp3) is 0.520. The van der Waals surface area contributed by atoms with Crippen molar-refractivity contribution >= 4 is 17.4 Å². The number of rotatable bonds is 7. The van der Waals surface area contributed by atoms with E-state index in [1.165, 1.54) is 16.7 Å². The molecular weight excluding hydrogens is 434 g/mol. The molecule has 1 aliphatic carbocycles. The van der Waals surface area contributed by atoms with Crippen LogP contribution in [0.1, 0.15) is 57.4 Å². The quantitative estimate of drug-likeness (QED) is 0.647. The Balaban J connectivity index is 1.45. The molecule has 9 nitrogen and oxygen atoms in total. The first-order chi connectivity index (χ1) is 16.3. The van der Waals surface area contributed by atoms with Crippen LogP contribution in [-0.2, 0) is 16.6 Å². The number of hydrogen-bond acceptors (Lipinski definition) is 6. The molecule has 0 radical (unpaired) electrons. The van der Waals surface area contributed by atoms with Gasteiger partial charge in [-0.3, -0.25) is 14.3 Å². The summed E-state index contributed by atoms with van der Waals surface area (Å²) in [6, 6.07) is 2.77. The Hall–Kier alpha value is -3.20. The van der Waals surface area contributed by atoms with Crippen LogP contribution in [0.4, 0.5) is 0 Å². The number of nitrogens with zero attached hydrogens (tertiary/aromatic N) is 4. The van der Waals surface area contributed by atoms with Crippen LogP contribution >= 0.6 is 0 Å². The Labute approximate surface area is 199 Å². The summed E-state index contributed by atoms with van der Waals surface area (Å²) in [4.78, 5) is 28.2. The molecule has 2 aromatic heterocycles. The first-order valence-corrected chi connectivity index (χ1v) is 11.8. The minimum Gasteiger partial charge on any atom is -0.391 e. The fourth-order valence-electron chi connectivity index (χ4n) is 4.92. The molecule has 0 saturated carbocycles. The number of likely N-dealkylation sites (tertiary alicyclic amines) is 1. The van der Waals surface area contributed by atoms with Crippen molar-refractivity contribution in [3.8, 4) is 0 Å². The Kier molecular flexibility index (Phi) is 7.02. The molecule has 2 amide bonds. The van der Waals surface area contributed by atoms with Crippen LogP contribution in [0.15, 0.2) is 46.8 Å². The van der Waals surface area contributed by atoms with Crippen molar-refractivity contribution in [1.29, 1.82) is 0 Å². The summed E-state index contributed by atoms with van der Waals surface area (Å²) in [7, 11) is 1.92. The molecule has 0 unspecified atom stereocenters. The first-order valence-electron chi connectivity index (χ1n) is 11.8. The van der Waals surface area contributed by atoms with Gasteiger partial charge in [0.2, 0.25) is 11.8 Å². The predicted octanol–water partition coefficient (Wildman–Crippen LogP) is 2.42. The molecule has 182 valence electrons. The molecule has 0 spiro atoms. The smallest absolute Gasteiger partial charge is 0.243 e. The number of nitrogens with one attached hydrogen (secondary N) is 1. The molecule has 1 aliphatic heterocycles. The SMILES string of the molecule is CC(C)[C@@H](C(=O)N1C[C@H](O)C[C@H]1C(=O)N[C@@H](C)C1=CC=C(c2ccnn2C)CC1)c1ccno1. The Morgan fingerprint density at radius 3 is 2.56 bits per heavy atom. The number of aliphatic hydroxyl groups excluding tert-OH is 1. The zero-order valence-corrected chi connectivity index (χ0v) is 20.1. The largest absolute Gasteiger partial charge is 0.391 e. The molecule has 1 fully saturated rings. The van der Waals surface area contributed by atoms with E-state index in [-0.39, 0.29) is 36.7 Å². The zero-order chi connectivity index (χ0) is 24.4. The van der Waals surface area contributed by atoms with E-state index in [0.717, 1.165) is 24.1 Å². The molecular formula is C25H33N5O4. The van der Waals surface area contributed by atoms with Gasteiger partial charge < -0.3 is 19.8 Å². The van der Waals surface area contributed by atoms with Gasteiger partial charge >= 0.3 is 0 Å². The molecule has 34 heavy (non-hydrogen) atoms. The van der Waals surface area contributed by atoms with Crippen LogP contribution in [0.25, 0.3) is 5.57 Å². The number of amides is 2. The number of aromatic nitrogens is 3. The molecule has 1 saturated heterocycles. The Morgan fingerprint density at radius 2 is 1.97 bits per heavy atom. The number of β-amino-alcohol motifs (C(OH)–C–C–N with tert-alkyl or cyclic N) is 1. The van der Waals surface area contributed by atoms with Gasteiger partial charge in [0.1, 0.15) is 17.7 Å². The molecule has 3 heterocycles. The maximum atomic E-state index is 13.4. The van der Waals surface area contributed by atoms with Crippen LogP contribution in [0.5, 0.6) is 0 Å². The minimum absolute atomic E-state index is 0.0476. The van der Waals surface area contributed by atoms with Gasteiger partial charge in [0, 0.05) is 38.3 Å². The van der Waals surface area contributed by atoms with Gasteiger partial charge in [0.15, 0.2) is 0 Å². The second kappa shape index (κ2) is 9.97. The summed E-state index contributed by atoms with van der Waals surface area (Å²) in [5.74, 6) is -0.611. The van der Waals surface area contributed by atoms with Crippen molar-refractivity contribution in [3.63, 3.8) is 0 Å². The highest BCUT2D eigenvalue weighted by atomic mass is 16.5. The third kappa shape index (κ3) is 4.84. The van der Waals surface area contributed by atoms with Crippen molar-refractivity contribution in [3.05, 3.63) is 53.7 Å². The van der Waals surface area contributed by atoms with Gasteiger partial charge in [0.05, 0.1) is 18.0 Å². The van der Waals surface area contributed by atoms with Crippen molar-refractivity contribution in [2.75, 3.05) is 6.54 Å². The van der Waals surface area contributed by atoms with Crippen LogP contribution in [0, 0.1) is 5.92 Å². The van der Waals surface area contributed by atoms with E-state index in [1.807, 2.05) is 38.6 Å². The fourth-order valence-corrected chi connectivity index (χ4v) is 4.92. The number of carbonyl (C=O) groups excluding carboxylic acids is 2. The standard InChI is InChI=1S/C25H33N5O4/c1-15(2)23(22-10-12-27-34-22)25(33)30-14-19(31)13-21(30)24(32)28-16(3)17-5-7-18(8-6-17)20-9-11-26-29(20)4/h5,7,9-12,15-16,19,21,23,31H,6,8,13-14H2,1-4H3,(H,28,32)/t16-,19+,21-,23+/m0/s1. The maximum Gasteiger partial charge on any atom is 0.243 e. The monoisotopic (exact) mass is 467 g/mol. The molecule has 0 bridgehead atoms. The second-order valence-electron chi connectivity index (χ2n) is 9.54. The van der Waals surface area contributed by atoms with Crippen molar-refractivity contribution in [1.82, 2.24) is 25.2 Å². The first kappa shape index (κ1) is 23.9. The van der Waals surface area contributed by atoms with Gasteiger partial charge in [0.25, 0.3) is 0 Å². The number of allylic oxidation sites excluding steroid dienone is 3. The summed E-state index contributed by atoms with van der Waals surface area (Å²) in [6.45, 7) is 5.94. The van der Waals surface area contributed by atoms with E-state index in [0.29, 0.717) is 5.76 Å². The lowest BCUT2D eigenvalue weighted by atomic mass is 9.91. The Morgan fingerprint density at radius 1 is 1.18 bits per heavy atom. The summed E-state index contributed by atoms with van der Waals surface area (Å²) in [6.07, 6.45) is 8.61. The van der Waals surface area contributed by atoms with Crippen LogP contribution in [0.3, 0.4) is 0 Å². The summed E-state index contributed by atoms with van der Waals surface area (Å²) < 4.78 is 7.13. The van der Waals surface area contributed by atoms with Gasteiger partial charge in [-0.25, -0.2) is 0 Å². The molecule has 2 aliphatic rings. The minimum atomic E-state index is -0.740. The highest BCUT2D eigenvalue weighted by molar-refractivity contribution is 5.91. The average Bonchev–Trinajstić information content (AvgIpc) is 3.55. The lowest BCUT2D eigenvalue weighted by Crippen LogP contribution is -2.50. The third-order valence-electron chi connectivity index (χ3n) is 6.81. The van der Waals surface area contributed by atoms with Crippen molar-refractivity contribution in [2.24, 2.45) is 13.0 Å². The van der Waals surface area contributed by atoms with E-state index in [9.17, 15) is 14.7 Å².